The van der Waals surface area contributed by atoms with Gasteiger partial charge >= 0.3 is 0 Å². The van der Waals surface area contributed by atoms with Gasteiger partial charge in [0.1, 0.15) is 0 Å². The summed E-state index contributed by atoms with van der Waals surface area (Å²) in [4.78, 5) is 4.23. The highest BCUT2D eigenvalue weighted by Crippen LogP contribution is 2.24. The summed E-state index contributed by atoms with van der Waals surface area (Å²) >= 11 is 0. The molecular formula is C11H14N2. The molecule has 68 valence electrons. The number of fused-ring (bicyclic) bond motifs is 1. The Morgan fingerprint density at radius 3 is 2.77 bits per heavy atom. The molecule has 0 bridgehead atoms. The van der Waals surface area contributed by atoms with Gasteiger partial charge in [-0.25, -0.2) is 0 Å². The quantitative estimate of drug-likeness (QED) is 0.650. The molecule has 0 aliphatic heterocycles. The average Bonchev–Trinajstić information content (AvgIpc) is 2.48. The van der Waals surface area contributed by atoms with Crippen molar-refractivity contribution in [2.24, 2.45) is 7.05 Å². The van der Waals surface area contributed by atoms with E-state index in [4.69, 9.17) is 0 Å². The van der Waals surface area contributed by atoms with Gasteiger partial charge in [-0.15, -0.1) is 0 Å². The van der Waals surface area contributed by atoms with Gasteiger partial charge in [0.15, 0.2) is 0 Å². The van der Waals surface area contributed by atoms with E-state index in [1.807, 2.05) is 12.4 Å². The molecule has 0 aliphatic rings. The maximum absolute atomic E-state index is 4.23. The molecule has 2 nitrogen and oxygen atoms in total. The first-order valence-electron chi connectivity index (χ1n) is 4.59. The standard InChI is InChI=1S/C11H14N2/c1-8(2)10-7-12-6-9-4-5-13(3)11(9)10/h4-8H,1-3H3. The van der Waals surface area contributed by atoms with E-state index in [9.17, 15) is 0 Å². The molecule has 0 radical (unpaired) electrons. The van der Waals surface area contributed by atoms with E-state index < -0.39 is 0 Å². The van der Waals surface area contributed by atoms with Crippen molar-refractivity contribution in [2.45, 2.75) is 19.8 Å². The summed E-state index contributed by atoms with van der Waals surface area (Å²) in [6, 6.07) is 2.11. The molecule has 0 amide bonds. The van der Waals surface area contributed by atoms with Crippen molar-refractivity contribution in [2.75, 3.05) is 0 Å². The number of hydrogen-bond acceptors (Lipinski definition) is 1. The third-order valence-electron chi connectivity index (χ3n) is 2.43. The number of rotatable bonds is 1. The van der Waals surface area contributed by atoms with Gasteiger partial charge in [0, 0.05) is 31.0 Å². The van der Waals surface area contributed by atoms with Crippen LogP contribution in [-0.2, 0) is 7.05 Å². The van der Waals surface area contributed by atoms with Crippen LogP contribution in [0.25, 0.3) is 10.9 Å². The Hall–Kier alpha value is -1.31. The number of aromatic nitrogens is 2. The summed E-state index contributed by atoms with van der Waals surface area (Å²) in [5.74, 6) is 0.532. The predicted molar refractivity (Wildman–Crippen MR) is 54.8 cm³/mol. The fraction of sp³-hybridized carbons (Fsp3) is 0.364. The molecule has 0 saturated carbocycles. The zero-order valence-corrected chi connectivity index (χ0v) is 8.28. The van der Waals surface area contributed by atoms with Gasteiger partial charge in [0.05, 0.1) is 5.52 Å². The molecule has 0 unspecified atom stereocenters. The lowest BCUT2D eigenvalue weighted by Crippen LogP contribution is -1.94. The second-order valence-corrected chi connectivity index (χ2v) is 3.75. The minimum atomic E-state index is 0.532. The zero-order chi connectivity index (χ0) is 9.42. The summed E-state index contributed by atoms with van der Waals surface area (Å²) in [6.07, 6.45) is 5.96. The Morgan fingerprint density at radius 1 is 1.31 bits per heavy atom. The summed E-state index contributed by atoms with van der Waals surface area (Å²) in [5.41, 5.74) is 2.63. The first kappa shape index (κ1) is 8.30. The van der Waals surface area contributed by atoms with E-state index in [1.165, 1.54) is 16.5 Å². The minimum absolute atomic E-state index is 0.532. The lowest BCUT2D eigenvalue weighted by atomic mass is 10.0. The van der Waals surface area contributed by atoms with Crippen LogP contribution >= 0.6 is 0 Å². The minimum Gasteiger partial charge on any atom is -0.350 e. The Morgan fingerprint density at radius 2 is 2.08 bits per heavy atom. The van der Waals surface area contributed by atoms with Crippen molar-refractivity contribution in [1.82, 2.24) is 9.55 Å². The van der Waals surface area contributed by atoms with Crippen molar-refractivity contribution in [3.8, 4) is 0 Å². The summed E-state index contributed by atoms with van der Waals surface area (Å²) < 4.78 is 2.16. The number of nitrogens with zero attached hydrogens (tertiary/aromatic N) is 2. The third kappa shape index (κ3) is 1.22. The first-order chi connectivity index (χ1) is 6.20. The Labute approximate surface area is 78.2 Å². The lowest BCUT2D eigenvalue weighted by molar-refractivity contribution is 0.850. The van der Waals surface area contributed by atoms with E-state index in [0.29, 0.717) is 5.92 Å². The van der Waals surface area contributed by atoms with E-state index in [-0.39, 0.29) is 0 Å². The van der Waals surface area contributed by atoms with E-state index >= 15 is 0 Å². The number of hydrogen-bond donors (Lipinski definition) is 0. The topological polar surface area (TPSA) is 17.8 Å². The molecule has 0 aromatic carbocycles. The van der Waals surface area contributed by atoms with Gasteiger partial charge in [-0.1, -0.05) is 13.8 Å². The van der Waals surface area contributed by atoms with Gasteiger partial charge in [0.2, 0.25) is 0 Å². The van der Waals surface area contributed by atoms with Gasteiger partial charge in [-0.05, 0) is 17.5 Å². The highest BCUT2D eigenvalue weighted by molar-refractivity contribution is 5.82. The smallest absolute Gasteiger partial charge is 0.0543 e. The van der Waals surface area contributed by atoms with Crippen molar-refractivity contribution in [3.63, 3.8) is 0 Å². The summed E-state index contributed by atoms with van der Waals surface area (Å²) in [7, 11) is 2.08. The third-order valence-corrected chi connectivity index (χ3v) is 2.43. The van der Waals surface area contributed by atoms with Crippen molar-refractivity contribution < 1.29 is 0 Å². The Bertz CT molecular complexity index is 427. The van der Waals surface area contributed by atoms with Crippen LogP contribution < -0.4 is 0 Å². The van der Waals surface area contributed by atoms with E-state index in [2.05, 4.69) is 42.7 Å². The molecular weight excluding hydrogens is 160 g/mol. The van der Waals surface area contributed by atoms with Gasteiger partial charge in [-0.3, -0.25) is 4.98 Å². The lowest BCUT2D eigenvalue weighted by Gasteiger charge is -2.08. The summed E-state index contributed by atoms with van der Waals surface area (Å²) in [6.45, 7) is 4.40. The zero-order valence-electron chi connectivity index (χ0n) is 8.28. The molecule has 2 rings (SSSR count). The highest BCUT2D eigenvalue weighted by atomic mass is 14.9. The van der Waals surface area contributed by atoms with Crippen LogP contribution in [0.5, 0.6) is 0 Å². The van der Waals surface area contributed by atoms with E-state index in [0.717, 1.165) is 0 Å². The van der Waals surface area contributed by atoms with Crippen molar-refractivity contribution >= 4 is 10.9 Å². The molecule has 2 heterocycles. The normalized spacial score (nSPS) is 11.4. The fourth-order valence-electron chi connectivity index (χ4n) is 1.71. The second kappa shape index (κ2) is 2.87. The maximum Gasteiger partial charge on any atom is 0.0543 e. The van der Waals surface area contributed by atoms with Crippen LogP contribution in [0.2, 0.25) is 0 Å². The van der Waals surface area contributed by atoms with Crippen LogP contribution in [0, 0.1) is 0 Å². The molecule has 2 heteroatoms. The SMILES string of the molecule is CC(C)c1cncc2ccn(C)c12. The molecule has 0 atom stereocenters. The highest BCUT2D eigenvalue weighted by Gasteiger charge is 2.07. The molecule has 2 aromatic heterocycles. The number of pyridine rings is 1. The second-order valence-electron chi connectivity index (χ2n) is 3.75. The maximum atomic E-state index is 4.23. The fourth-order valence-corrected chi connectivity index (χ4v) is 1.71. The summed E-state index contributed by atoms with van der Waals surface area (Å²) in [5, 5.41) is 1.23. The Kier molecular flexibility index (Phi) is 1.83. The molecule has 0 fully saturated rings. The first-order valence-corrected chi connectivity index (χ1v) is 4.59. The monoisotopic (exact) mass is 174 g/mol. The molecule has 0 aliphatic carbocycles. The van der Waals surface area contributed by atoms with E-state index in [1.54, 1.807) is 0 Å². The van der Waals surface area contributed by atoms with Crippen LogP contribution in [-0.4, -0.2) is 9.55 Å². The van der Waals surface area contributed by atoms with Crippen molar-refractivity contribution in [1.29, 1.82) is 0 Å². The molecule has 0 N–H and O–H groups in total. The molecule has 2 aromatic rings. The van der Waals surface area contributed by atoms with Gasteiger partial charge in [-0.2, -0.15) is 0 Å². The van der Waals surface area contributed by atoms with Crippen LogP contribution in [0.3, 0.4) is 0 Å². The van der Waals surface area contributed by atoms with Crippen LogP contribution in [0.1, 0.15) is 25.3 Å². The largest absolute Gasteiger partial charge is 0.350 e. The predicted octanol–water partition coefficient (Wildman–Crippen LogP) is 2.70. The average molecular weight is 174 g/mol. The molecule has 0 saturated heterocycles. The molecule has 0 spiro atoms. The van der Waals surface area contributed by atoms with Crippen LogP contribution in [0.15, 0.2) is 24.7 Å². The van der Waals surface area contributed by atoms with Gasteiger partial charge in [0.25, 0.3) is 0 Å². The van der Waals surface area contributed by atoms with Crippen LogP contribution in [0.4, 0.5) is 0 Å². The Balaban J connectivity index is 2.80. The number of aryl methyl sites for hydroxylation is 1. The van der Waals surface area contributed by atoms with Gasteiger partial charge < -0.3 is 4.57 Å². The van der Waals surface area contributed by atoms with Crippen molar-refractivity contribution in [3.05, 3.63) is 30.2 Å². The molecule has 13 heavy (non-hydrogen) atoms.